The van der Waals surface area contributed by atoms with E-state index in [0.717, 1.165) is 15.0 Å². The van der Waals surface area contributed by atoms with E-state index in [1.54, 1.807) is 11.3 Å². The number of aromatic nitrogens is 1. The summed E-state index contributed by atoms with van der Waals surface area (Å²) in [5.41, 5.74) is 6.88. The molecule has 2 nitrogen and oxygen atoms in total. The summed E-state index contributed by atoms with van der Waals surface area (Å²) in [6.45, 7) is 5.05. The largest absolute Gasteiger partial charge is 0.330 e. The van der Waals surface area contributed by atoms with Gasteiger partial charge >= 0.3 is 0 Å². The van der Waals surface area contributed by atoms with Gasteiger partial charge in [0.25, 0.3) is 0 Å². The molecular formula is C12H15BrN2S. The van der Waals surface area contributed by atoms with Crippen molar-refractivity contribution in [2.24, 2.45) is 11.7 Å². The highest BCUT2D eigenvalue weighted by Gasteiger charge is 2.18. The average molecular weight is 299 g/mol. The lowest BCUT2D eigenvalue weighted by molar-refractivity contribution is 0.505. The van der Waals surface area contributed by atoms with Crippen molar-refractivity contribution in [3.8, 4) is 0 Å². The summed E-state index contributed by atoms with van der Waals surface area (Å²) in [5, 5.41) is 1.16. The molecule has 0 spiro atoms. The summed E-state index contributed by atoms with van der Waals surface area (Å²) >= 11 is 5.22. The molecule has 1 unspecified atom stereocenters. The maximum atomic E-state index is 5.81. The van der Waals surface area contributed by atoms with Crippen LogP contribution in [-0.4, -0.2) is 11.5 Å². The van der Waals surface area contributed by atoms with E-state index in [9.17, 15) is 0 Å². The number of hydrogen-bond donors (Lipinski definition) is 1. The molecule has 0 amide bonds. The Morgan fingerprint density at radius 2 is 2.19 bits per heavy atom. The predicted molar refractivity (Wildman–Crippen MR) is 74.0 cm³/mol. The molecule has 0 fully saturated rings. The Hall–Kier alpha value is -0.450. The molecule has 2 rings (SSSR count). The Kier molecular flexibility index (Phi) is 3.62. The topological polar surface area (TPSA) is 38.9 Å². The van der Waals surface area contributed by atoms with E-state index < -0.39 is 0 Å². The molecule has 1 atom stereocenters. The molecule has 0 radical (unpaired) electrons. The highest BCUT2D eigenvalue weighted by Crippen LogP contribution is 2.32. The number of nitrogens with two attached hydrogens (primary N) is 1. The zero-order valence-electron chi connectivity index (χ0n) is 9.40. The quantitative estimate of drug-likeness (QED) is 0.937. The molecule has 86 valence electrons. The minimum Gasteiger partial charge on any atom is -0.330 e. The van der Waals surface area contributed by atoms with E-state index in [-0.39, 0.29) is 0 Å². The first-order valence-corrected chi connectivity index (χ1v) is 6.99. The van der Waals surface area contributed by atoms with Gasteiger partial charge in [0.05, 0.1) is 15.2 Å². The van der Waals surface area contributed by atoms with Crippen molar-refractivity contribution < 1.29 is 0 Å². The maximum absolute atomic E-state index is 5.81. The molecule has 0 aliphatic rings. The molecule has 0 saturated carbocycles. The SMILES string of the molecule is CC(C)C(CN)c1nc2cc(Br)ccc2s1. The highest BCUT2D eigenvalue weighted by molar-refractivity contribution is 9.10. The molecule has 2 N–H and O–H groups in total. The van der Waals surface area contributed by atoms with Crippen LogP contribution < -0.4 is 5.73 Å². The number of rotatable bonds is 3. The lowest BCUT2D eigenvalue weighted by atomic mass is 9.97. The maximum Gasteiger partial charge on any atom is 0.0984 e. The zero-order chi connectivity index (χ0) is 11.7. The number of hydrogen-bond acceptors (Lipinski definition) is 3. The molecule has 0 aliphatic carbocycles. The van der Waals surface area contributed by atoms with Crippen LogP contribution in [0, 0.1) is 5.92 Å². The standard InChI is InChI=1S/C12H15BrN2S/c1-7(2)9(6-14)12-15-10-5-8(13)3-4-11(10)16-12/h3-5,7,9H,6,14H2,1-2H3. The van der Waals surface area contributed by atoms with Gasteiger partial charge in [0.15, 0.2) is 0 Å². The number of thiazole rings is 1. The van der Waals surface area contributed by atoms with Crippen molar-refractivity contribution >= 4 is 37.5 Å². The Balaban J connectivity index is 2.45. The smallest absolute Gasteiger partial charge is 0.0984 e. The van der Waals surface area contributed by atoms with Gasteiger partial charge in [0.2, 0.25) is 0 Å². The third-order valence-electron chi connectivity index (χ3n) is 2.74. The lowest BCUT2D eigenvalue weighted by Crippen LogP contribution is -2.17. The molecule has 0 saturated heterocycles. The minimum absolute atomic E-state index is 0.371. The Bertz CT molecular complexity index is 493. The first-order chi connectivity index (χ1) is 7.61. The molecular weight excluding hydrogens is 284 g/mol. The van der Waals surface area contributed by atoms with E-state index in [1.807, 2.05) is 0 Å². The van der Waals surface area contributed by atoms with Crippen LogP contribution in [0.2, 0.25) is 0 Å². The van der Waals surface area contributed by atoms with Gasteiger partial charge in [0, 0.05) is 16.9 Å². The summed E-state index contributed by atoms with van der Waals surface area (Å²) in [5.74, 6) is 0.908. The fourth-order valence-electron chi connectivity index (χ4n) is 1.74. The van der Waals surface area contributed by atoms with Gasteiger partial charge in [-0.1, -0.05) is 29.8 Å². The lowest BCUT2D eigenvalue weighted by Gasteiger charge is -2.15. The molecule has 4 heteroatoms. The third-order valence-corrected chi connectivity index (χ3v) is 4.40. The molecule has 2 aromatic rings. The van der Waals surface area contributed by atoms with Crippen LogP contribution in [0.4, 0.5) is 0 Å². The summed E-state index contributed by atoms with van der Waals surface area (Å²) < 4.78 is 2.31. The molecule has 1 heterocycles. The van der Waals surface area contributed by atoms with Crippen molar-refractivity contribution in [3.63, 3.8) is 0 Å². The fraction of sp³-hybridized carbons (Fsp3) is 0.417. The van der Waals surface area contributed by atoms with Gasteiger partial charge < -0.3 is 5.73 Å². The summed E-state index contributed by atoms with van der Waals surface area (Å²) in [7, 11) is 0. The molecule has 1 aromatic carbocycles. The number of benzene rings is 1. The van der Waals surface area contributed by atoms with Gasteiger partial charge in [0.1, 0.15) is 0 Å². The average Bonchev–Trinajstić information content (AvgIpc) is 2.60. The summed E-state index contributed by atoms with van der Waals surface area (Å²) in [6, 6.07) is 6.22. The van der Waals surface area contributed by atoms with Crippen molar-refractivity contribution in [1.29, 1.82) is 0 Å². The first kappa shape index (κ1) is 12.0. The van der Waals surface area contributed by atoms with Gasteiger partial charge in [-0.05, 0) is 24.1 Å². The Morgan fingerprint density at radius 1 is 1.44 bits per heavy atom. The Labute approximate surface area is 108 Å². The van der Waals surface area contributed by atoms with Crippen LogP contribution in [-0.2, 0) is 0 Å². The number of fused-ring (bicyclic) bond motifs is 1. The van der Waals surface area contributed by atoms with E-state index in [0.29, 0.717) is 18.4 Å². The van der Waals surface area contributed by atoms with Crippen LogP contribution in [0.15, 0.2) is 22.7 Å². The van der Waals surface area contributed by atoms with Gasteiger partial charge in [-0.2, -0.15) is 0 Å². The monoisotopic (exact) mass is 298 g/mol. The molecule has 0 bridgehead atoms. The predicted octanol–water partition coefficient (Wildman–Crippen LogP) is 3.76. The summed E-state index contributed by atoms with van der Waals surface area (Å²) in [6.07, 6.45) is 0. The third kappa shape index (κ3) is 2.29. The van der Waals surface area contributed by atoms with E-state index in [1.165, 1.54) is 4.70 Å². The van der Waals surface area contributed by atoms with E-state index >= 15 is 0 Å². The highest BCUT2D eigenvalue weighted by atomic mass is 79.9. The van der Waals surface area contributed by atoms with E-state index in [2.05, 4.69) is 53.0 Å². The second kappa shape index (κ2) is 4.82. The van der Waals surface area contributed by atoms with Crippen LogP contribution in [0.5, 0.6) is 0 Å². The van der Waals surface area contributed by atoms with Crippen LogP contribution in [0.25, 0.3) is 10.2 Å². The van der Waals surface area contributed by atoms with Crippen molar-refractivity contribution in [1.82, 2.24) is 4.98 Å². The first-order valence-electron chi connectivity index (χ1n) is 5.38. The molecule has 0 aliphatic heterocycles. The minimum atomic E-state index is 0.371. The normalized spacial score (nSPS) is 13.6. The van der Waals surface area contributed by atoms with Gasteiger partial charge in [-0.3, -0.25) is 0 Å². The van der Waals surface area contributed by atoms with E-state index in [4.69, 9.17) is 5.73 Å². The van der Waals surface area contributed by atoms with Crippen LogP contribution in [0.1, 0.15) is 24.8 Å². The van der Waals surface area contributed by atoms with Crippen molar-refractivity contribution in [3.05, 3.63) is 27.7 Å². The summed E-state index contributed by atoms with van der Waals surface area (Å²) in [4.78, 5) is 4.67. The van der Waals surface area contributed by atoms with Crippen molar-refractivity contribution in [2.75, 3.05) is 6.54 Å². The van der Waals surface area contributed by atoms with Crippen LogP contribution >= 0.6 is 27.3 Å². The van der Waals surface area contributed by atoms with Gasteiger partial charge in [-0.15, -0.1) is 11.3 Å². The number of halogens is 1. The molecule has 16 heavy (non-hydrogen) atoms. The number of nitrogens with zero attached hydrogens (tertiary/aromatic N) is 1. The van der Waals surface area contributed by atoms with Crippen molar-refractivity contribution in [2.45, 2.75) is 19.8 Å². The second-order valence-electron chi connectivity index (χ2n) is 4.25. The Morgan fingerprint density at radius 3 is 2.81 bits per heavy atom. The molecule has 1 aromatic heterocycles. The zero-order valence-corrected chi connectivity index (χ0v) is 11.8. The van der Waals surface area contributed by atoms with Gasteiger partial charge in [-0.25, -0.2) is 4.98 Å². The fourth-order valence-corrected chi connectivity index (χ4v) is 3.32. The second-order valence-corrected chi connectivity index (χ2v) is 6.23. The van der Waals surface area contributed by atoms with Crippen LogP contribution in [0.3, 0.4) is 0 Å².